The van der Waals surface area contributed by atoms with E-state index >= 15 is 0 Å². The van der Waals surface area contributed by atoms with E-state index in [0.717, 1.165) is 25.2 Å². The molecule has 0 saturated carbocycles. The van der Waals surface area contributed by atoms with Gasteiger partial charge in [0, 0.05) is 6.54 Å². The Hall–Kier alpha value is -0.860. The smallest absolute Gasteiger partial charge is 0.0919 e. The van der Waals surface area contributed by atoms with E-state index in [9.17, 15) is 5.11 Å². The number of unbranched alkanes of at least 4 members (excludes halogenated alkanes) is 2. The maximum atomic E-state index is 10.7. The lowest BCUT2D eigenvalue weighted by Crippen LogP contribution is -2.31. The van der Waals surface area contributed by atoms with Crippen LogP contribution in [0.2, 0.25) is 0 Å². The summed E-state index contributed by atoms with van der Waals surface area (Å²) < 4.78 is 0. The lowest BCUT2D eigenvalue weighted by Gasteiger charge is -2.26. The Morgan fingerprint density at radius 3 is 2.14 bits per heavy atom. The minimum atomic E-state index is -0.382. The molecule has 0 amide bonds. The Balaban J connectivity index is 2.79. The molecule has 1 rings (SSSR count). The first-order valence-corrected chi connectivity index (χ1v) is 9.00. The molecule has 0 heterocycles. The van der Waals surface area contributed by atoms with Gasteiger partial charge in [-0.3, -0.25) is 0 Å². The highest BCUT2D eigenvalue weighted by atomic mass is 16.3. The largest absolute Gasteiger partial charge is 0.387 e. The van der Waals surface area contributed by atoms with Gasteiger partial charge in [0.25, 0.3) is 0 Å². The molecule has 0 spiro atoms. The van der Waals surface area contributed by atoms with Gasteiger partial charge >= 0.3 is 0 Å². The third kappa shape index (κ3) is 6.10. The number of benzene rings is 1. The van der Waals surface area contributed by atoms with Crippen molar-refractivity contribution < 1.29 is 5.11 Å². The van der Waals surface area contributed by atoms with Crippen molar-refractivity contribution >= 4 is 0 Å². The Morgan fingerprint density at radius 1 is 1.05 bits per heavy atom. The molecule has 0 saturated heterocycles. The summed E-state index contributed by atoms with van der Waals surface area (Å²) in [4.78, 5) is 2.43. The lowest BCUT2D eigenvalue weighted by molar-refractivity contribution is 0.110. The monoisotopic (exact) mass is 305 g/mol. The van der Waals surface area contributed by atoms with Gasteiger partial charge in [-0.1, -0.05) is 58.7 Å². The van der Waals surface area contributed by atoms with Crippen molar-refractivity contribution in [3.8, 4) is 0 Å². The highest BCUT2D eigenvalue weighted by molar-refractivity contribution is 5.34. The summed E-state index contributed by atoms with van der Waals surface area (Å²) in [6.07, 6.45) is 4.46. The fourth-order valence-corrected chi connectivity index (χ4v) is 2.78. The first-order chi connectivity index (χ1) is 10.5. The molecule has 22 heavy (non-hydrogen) atoms. The van der Waals surface area contributed by atoms with Crippen LogP contribution < -0.4 is 0 Å². The van der Waals surface area contributed by atoms with Crippen LogP contribution in [0, 0.1) is 6.92 Å². The lowest BCUT2D eigenvalue weighted by atomic mass is 9.95. The number of hydrogen-bond acceptors (Lipinski definition) is 2. The van der Waals surface area contributed by atoms with Crippen LogP contribution >= 0.6 is 0 Å². The molecule has 2 heteroatoms. The van der Waals surface area contributed by atoms with E-state index in [1.54, 1.807) is 0 Å². The van der Waals surface area contributed by atoms with Crippen molar-refractivity contribution in [2.45, 2.75) is 72.3 Å². The molecule has 0 aliphatic carbocycles. The van der Waals surface area contributed by atoms with Gasteiger partial charge in [-0.15, -0.1) is 0 Å². The molecule has 126 valence electrons. The highest BCUT2D eigenvalue weighted by Crippen LogP contribution is 2.24. The first kappa shape index (κ1) is 19.2. The SMILES string of the molecule is CCCCN(CCCC)CC(O)c1cc(C(C)C)ccc1C. The maximum Gasteiger partial charge on any atom is 0.0919 e. The Labute approximate surface area is 137 Å². The Bertz CT molecular complexity index is 420. The second-order valence-corrected chi connectivity index (χ2v) is 6.79. The van der Waals surface area contributed by atoms with Gasteiger partial charge in [-0.05, 0) is 55.5 Å². The predicted molar refractivity (Wildman–Crippen MR) is 96.5 cm³/mol. The number of aliphatic hydroxyl groups is 1. The number of nitrogens with zero attached hydrogens (tertiary/aromatic N) is 1. The Kier molecular flexibility index (Phi) is 8.74. The van der Waals surface area contributed by atoms with Crippen LogP contribution in [0.3, 0.4) is 0 Å². The molecule has 0 aliphatic rings. The summed E-state index contributed by atoms with van der Waals surface area (Å²) >= 11 is 0. The molecule has 2 nitrogen and oxygen atoms in total. The van der Waals surface area contributed by atoms with Crippen molar-refractivity contribution in [1.29, 1.82) is 0 Å². The zero-order valence-corrected chi connectivity index (χ0v) is 15.2. The van der Waals surface area contributed by atoms with Crippen molar-refractivity contribution in [1.82, 2.24) is 4.90 Å². The first-order valence-electron chi connectivity index (χ1n) is 9.00. The fraction of sp³-hybridized carbons (Fsp3) is 0.700. The molecule has 0 bridgehead atoms. The van der Waals surface area contributed by atoms with Crippen LogP contribution in [-0.2, 0) is 0 Å². The van der Waals surface area contributed by atoms with E-state index in [0.29, 0.717) is 5.92 Å². The van der Waals surface area contributed by atoms with Crippen LogP contribution in [-0.4, -0.2) is 29.6 Å². The average molecular weight is 306 g/mol. The van der Waals surface area contributed by atoms with Crippen LogP contribution in [0.1, 0.15) is 82.1 Å². The number of hydrogen-bond donors (Lipinski definition) is 1. The molecule has 0 fully saturated rings. The van der Waals surface area contributed by atoms with Crippen LogP contribution in [0.15, 0.2) is 18.2 Å². The summed E-state index contributed by atoms with van der Waals surface area (Å²) in [7, 11) is 0. The predicted octanol–water partition coefficient (Wildman–Crippen LogP) is 5.05. The average Bonchev–Trinajstić information content (AvgIpc) is 2.49. The van der Waals surface area contributed by atoms with Gasteiger partial charge < -0.3 is 10.0 Å². The standard InChI is InChI=1S/C20H35NO/c1-6-8-12-21(13-9-7-2)15-20(22)19-14-18(16(3)4)11-10-17(19)5/h10-11,14,16,20,22H,6-9,12-13,15H2,1-5H3. The fourth-order valence-electron chi connectivity index (χ4n) is 2.78. The van der Waals surface area contributed by atoms with E-state index < -0.39 is 0 Å². The normalized spacial score (nSPS) is 13.1. The quantitative estimate of drug-likeness (QED) is 0.653. The third-order valence-electron chi connectivity index (χ3n) is 4.42. The Morgan fingerprint density at radius 2 is 1.64 bits per heavy atom. The van der Waals surface area contributed by atoms with Gasteiger partial charge in [0.05, 0.1) is 6.10 Å². The second-order valence-electron chi connectivity index (χ2n) is 6.79. The minimum Gasteiger partial charge on any atom is -0.387 e. The minimum absolute atomic E-state index is 0.382. The van der Waals surface area contributed by atoms with E-state index in [-0.39, 0.29) is 6.10 Å². The van der Waals surface area contributed by atoms with Gasteiger partial charge in [0.15, 0.2) is 0 Å². The van der Waals surface area contributed by atoms with Gasteiger partial charge in [-0.2, -0.15) is 0 Å². The van der Waals surface area contributed by atoms with Crippen molar-refractivity contribution in [2.24, 2.45) is 0 Å². The van der Waals surface area contributed by atoms with Gasteiger partial charge in [-0.25, -0.2) is 0 Å². The number of aryl methyl sites for hydroxylation is 1. The third-order valence-corrected chi connectivity index (χ3v) is 4.42. The molecule has 0 aliphatic heterocycles. The summed E-state index contributed by atoms with van der Waals surface area (Å²) in [5, 5.41) is 10.7. The topological polar surface area (TPSA) is 23.5 Å². The van der Waals surface area contributed by atoms with E-state index in [4.69, 9.17) is 0 Å². The maximum absolute atomic E-state index is 10.7. The molecule has 1 unspecified atom stereocenters. The zero-order chi connectivity index (χ0) is 16.5. The van der Waals surface area contributed by atoms with Crippen molar-refractivity contribution in [3.05, 3.63) is 34.9 Å². The van der Waals surface area contributed by atoms with Gasteiger partial charge in [0.1, 0.15) is 0 Å². The number of aliphatic hydroxyl groups excluding tert-OH is 1. The van der Waals surface area contributed by atoms with Crippen molar-refractivity contribution in [3.63, 3.8) is 0 Å². The molecule has 0 radical (unpaired) electrons. The highest BCUT2D eigenvalue weighted by Gasteiger charge is 2.16. The summed E-state index contributed by atoms with van der Waals surface area (Å²) in [5.41, 5.74) is 3.61. The van der Waals surface area contributed by atoms with Crippen LogP contribution in [0.5, 0.6) is 0 Å². The molecule has 1 atom stereocenters. The summed E-state index contributed by atoms with van der Waals surface area (Å²) in [6.45, 7) is 13.9. The summed E-state index contributed by atoms with van der Waals surface area (Å²) in [5.74, 6) is 0.503. The van der Waals surface area contributed by atoms with E-state index in [1.807, 2.05) is 0 Å². The molecular weight excluding hydrogens is 270 g/mol. The molecular formula is C20H35NO. The molecule has 1 N–H and O–H groups in total. The summed E-state index contributed by atoms with van der Waals surface area (Å²) in [6, 6.07) is 6.53. The molecule has 0 aromatic heterocycles. The van der Waals surface area contributed by atoms with Crippen molar-refractivity contribution in [2.75, 3.05) is 19.6 Å². The molecule has 1 aromatic rings. The molecule has 1 aromatic carbocycles. The zero-order valence-electron chi connectivity index (χ0n) is 15.2. The second kappa shape index (κ2) is 10.0. The number of rotatable bonds is 10. The van der Waals surface area contributed by atoms with E-state index in [1.165, 1.54) is 36.8 Å². The van der Waals surface area contributed by atoms with E-state index in [2.05, 4.69) is 57.7 Å². The van der Waals surface area contributed by atoms with Gasteiger partial charge in [0.2, 0.25) is 0 Å². The van der Waals surface area contributed by atoms with Crippen LogP contribution in [0.25, 0.3) is 0 Å². The van der Waals surface area contributed by atoms with Crippen LogP contribution in [0.4, 0.5) is 0 Å².